The molecule has 0 aromatic heterocycles. The van der Waals surface area contributed by atoms with Gasteiger partial charge in [0, 0.05) is 23.0 Å². The second-order valence-electron chi connectivity index (χ2n) is 5.24. The lowest BCUT2D eigenvalue weighted by Crippen LogP contribution is -2.44. The Morgan fingerprint density at radius 3 is 3.00 bits per heavy atom. The topological polar surface area (TPSA) is 38.0 Å². The van der Waals surface area contributed by atoms with Gasteiger partial charge in [-0.25, -0.2) is 4.39 Å². The van der Waals surface area contributed by atoms with E-state index in [-0.39, 0.29) is 17.4 Å². The molecule has 4 heteroatoms. The Bertz CT molecular complexity index is 401. The number of thioether (sulfide) groups is 1. The molecule has 17 heavy (non-hydrogen) atoms. The molecule has 1 heterocycles. The molecule has 2 rings (SSSR count). The van der Waals surface area contributed by atoms with E-state index in [1.54, 1.807) is 17.8 Å². The van der Waals surface area contributed by atoms with E-state index in [1.807, 2.05) is 19.9 Å². The maximum absolute atomic E-state index is 13.3. The zero-order chi connectivity index (χ0) is 12.5. The van der Waals surface area contributed by atoms with Crippen LogP contribution in [0, 0.1) is 5.82 Å². The summed E-state index contributed by atoms with van der Waals surface area (Å²) in [6.45, 7) is 4.71. The predicted molar refractivity (Wildman–Crippen MR) is 70.8 cm³/mol. The molecule has 0 radical (unpaired) electrons. The third-order valence-electron chi connectivity index (χ3n) is 2.82. The Hall–Kier alpha value is -0.580. The van der Waals surface area contributed by atoms with E-state index in [1.165, 1.54) is 11.0 Å². The fourth-order valence-corrected chi connectivity index (χ4v) is 3.07. The maximum atomic E-state index is 13.3. The van der Waals surface area contributed by atoms with Crippen LogP contribution in [0.15, 0.2) is 23.1 Å². The van der Waals surface area contributed by atoms with Gasteiger partial charge in [-0.2, -0.15) is 0 Å². The first-order chi connectivity index (χ1) is 7.96. The van der Waals surface area contributed by atoms with Gasteiger partial charge in [-0.15, -0.1) is 11.8 Å². The minimum Gasteiger partial charge on any atom is -0.324 e. The summed E-state index contributed by atoms with van der Waals surface area (Å²) in [6, 6.07) is 5.27. The Morgan fingerprint density at radius 2 is 2.29 bits per heavy atom. The van der Waals surface area contributed by atoms with Crippen LogP contribution in [0.1, 0.15) is 31.9 Å². The molecule has 0 saturated carbocycles. The van der Waals surface area contributed by atoms with Gasteiger partial charge in [0.25, 0.3) is 0 Å². The maximum Gasteiger partial charge on any atom is 0.123 e. The molecule has 1 aromatic rings. The van der Waals surface area contributed by atoms with E-state index < -0.39 is 0 Å². The third kappa shape index (κ3) is 3.44. The molecule has 0 saturated heterocycles. The Balaban J connectivity index is 2.14. The second-order valence-corrected chi connectivity index (χ2v) is 6.38. The molecule has 3 N–H and O–H groups in total. The fraction of sp³-hybridized carbons (Fsp3) is 0.538. The highest BCUT2D eigenvalue weighted by Gasteiger charge is 2.22. The molecule has 94 valence electrons. The first-order valence-corrected chi connectivity index (χ1v) is 6.89. The number of benzene rings is 1. The number of nitrogens with two attached hydrogens (primary N) is 1. The molecule has 0 fully saturated rings. The molecule has 1 aromatic carbocycles. The number of halogens is 1. The van der Waals surface area contributed by atoms with Gasteiger partial charge in [0.15, 0.2) is 0 Å². The van der Waals surface area contributed by atoms with E-state index in [9.17, 15) is 4.39 Å². The van der Waals surface area contributed by atoms with Crippen LogP contribution in [0.2, 0.25) is 0 Å². The lowest BCUT2D eigenvalue weighted by atomic mass is 10.0. The summed E-state index contributed by atoms with van der Waals surface area (Å²) >= 11 is 1.80. The molecule has 1 aliphatic rings. The summed E-state index contributed by atoms with van der Waals surface area (Å²) in [4.78, 5) is 1.19. The molecule has 0 amide bonds. The smallest absolute Gasteiger partial charge is 0.123 e. The number of rotatable bonds is 3. The van der Waals surface area contributed by atoms with E-state index in [2.05, 4.69) is 5.32 Å². The average molecular weight is 254 g/mol. The van der Waals surface area contributed by atoms with Gasteiger partial charge >= 0.3 is 0 Å². The predicted octanol–water partition coefficient (Wildman–Crippen LogP) is 2.69. The molecular weight excluding hydrogens is 235 g/mol. The number of hydrogen-bond acceptors (Lipinski definition) is 3. The number of nitrogens with one attached hydrogen (secondary N) is 1. The average Bonchev–Trinajstić information content (AvgIpc) is 2.25. The van der Waals surface area contributed by atoms with Gasteiger partial charge in [0.05, 0.1) is 0 Å². The summed E-state index contributed by atoms with van der Waals surface area (Å²) in [5.41, 5.74) is 6.80. The summed E-state index contributed by atoms with van der Waals surface area (Å²) < 4.78 is 13.3. The normalized spacial score (nSPS) is 20.1. The molecule has 1 unspecified atom stereocenters. The number of hydrogen-bond donors (Lipinski definition) is 2. The van der Waals surface area contributed by atoms with Crippen molar-refractivity contribution in [1.82, 2.24) is 5.32 Å². The highest BCUT2D eigenvalue weighted by Crippen LogP contribution is 2.36. The van der Waals surface area contributed by atoms with Crippen LogP contribution >= 0.6 is 11.8 Å². The molecular formula is C13H19FN2S. The Kier molecular flexibility index (Phi) is 3.76. The van der Waals surface area contributed by atoms with E-state index in [4.69, 9.17) is 5.73 Å². The Labute approximate surface area is 106 Å². The first kappa shape index (κ1) is 12.9. The van der Waals surface area contributed by atoms with Crippen molar-refractivity contribution in [3.8, 4) is 0 Å². The van der Waals surface area contributed by atoms with E-state index in [0.29, 0.717) is 0 Å². The first-order valence-electron chi connectivity index (χ1n) is 5.90. The summed E-state index contributed by atoms with van der Waals surface area (Å²) in [6.07, 6.45) is 1.02. The quantitative estimate of drug-likeness (QED) is 0.871. The zero-order valence-electron chi connectivity index (χ0n) is 10.3. The highest BCUT2D eigenvalue weighted by molar-refractivity contribution is 7.99. The van der Waals surface area contributed by atoms with Crippen molar-refractivity contribution in [2.75, 3.05) is 12.3 Å². The zero-order valence-corrected chi connectivity index (χ0v) is 11.1. The van der Waals surface area contributed by atoms with Gasteiger partial charge in [-0.1, -0.05) is 0 Å². The molecule has 0 aliphatic carbocycles. The lowest BCUT2D eigenvalue weighted by Gasteiger charge is -2.29. The molecule has 0 bridgehead atoms. The lowest BCUT2D eigenvalue weighted by molar-refractivity contribution is 0.411. The largest absolute Gasteiger partial charge is 0.324 e. The van der Waals surface area contributed by atoms with Crippen molar-refractivity contribution in [3.63, 3.8) is 0 Å². The molecule has 1 atom stereocenters. The van der Waals surface area contributed by atoms with Crippen LogP contribution in [0.4, 0.5) is 4.39 Å². The summed E-state index contributed by atoms with van der Waals surface area (Å²) in [5, 5.41) is 3.44. The van der Waals surface area contributed by atoms with Crippen LogP contribution in [0.5, 0.6) is 0 Å². The third-order valence-corrected chi connectivity index (χ3v) is 3.94. The van der Waals surface area contributed by atoms with Gasteiger partial charge in [-0.3, -0.25) is 0 Å². The van der Waals surface area contributed by atoms with Crippen LogP contribution in [0.25, 0.3) is 0 Å². The summed E-state index contributed by atoms with van der Waals surface area (Å²) in [5.74, 6) is 0.909. The fourth-order valence-electron chi connectivity index (χ4n) is 1.96. The molecule has 0 spiro atoms. The van der Waals surface area contributed by atoms with Gasteiger partial charge in [0.1, 0.15) is 5.82 Å². The van der Waals surface area contributed by atoms with Crippen molar-refractivity contribution < 1.29 is 4.39 Å². The summed E-state index contributed by atoms with van der Waals surface area (Å²) in [7, 11) is 0. The van der Waals surface area contributed by atoms with Gasteiger partial charge < -0.3 is 11.1 Å². The van der Waals surface area contributed by atoms with Crippen molar-refractivity contribution in [2.45, 2.75) is 36.7 Å². The molecule has 2 nitrogen and oxygen atoms in total. The number of fused-ring (bicyclic) bond motifs is 1. The van der Waals surface area contributed by atoms with Gasteiger partial charge in [-0.05, 0) is 49.8 Å². The highest BCUT2D eigenvalue weighted by atomic mass is 32.2. The van der Waals surface area contributed by atoms with Gasteiger partial charge in [0.2, 0.25) is 0 Å². The second kappa shape index (κ2) is 4.96. The van der Waals surface area contributed by atoms with Crippen LogP contribution in [-0.2, 0) is 0 Å². The SMILES string of the molecule is CC(C)(N)CNC1CCSc2ccc(F)cc21. The van der Waals surface area contributed by atoms with Crippen molar-refractivity contribution >= 4 is 11.8 Å². The van der Waals surface area contributed by atoms with Crippen LogP contribution in [-0.4, -0.2) is 17.8 Å². The van der Waals surface area contributed by atoms with Crippen LogP contribution in [0.3, 0.4) is 0 Å². The van der Waals surface area contributed by atoms with Crippen molar-refractivity contribution in [3.05, 3.63) is 29.6 Å². The van der Waals surface area contributed by atoms with Crippen molar-refractivity contribution in [1.29, 1.82) is 0 Å². The standard InChI is InChI=1S/C13H19FN2S/c1-13(2,15)8-16-11-5-6-17-12-4-3-9(14)7-10(11)12/h3-4,7,11,16H,5-6,8,15H2,1-2H3. The van der Waals surface area contributed by atoms with Crippen LogP contribution < -0.4 is 11.1 Å². The minimum absolute atomic E-state index is 0.162. The molecule has 1 aliphatic heterocycles. The monoisotopic (exact) mass is 254 g/mol. The van der Waals surface area contributed by atoms with E-state index in [0.717, 1.165) is 24.3 Å². The minimum atomic E-state index is -0.238. The van der Waals surface area contributed by atoms with Crippen molar-refractivity contribution in [2.24, 2.45) is 5.73 Å². The van der Waals surface area contributed by atoms with E-state index >= 15 is 0 Å². The Morgan fingerprint density at radius 1 is 1.53 bits per heavy atom.